The highest BCUT2D eigenvalue weighted by molar-refractivity contribution is 6.33. The summed E-state index contributed by atoms with van der Waals surface area (Å²) in [6.07, 6.45) is 1.68. The molecule has 0 saturated heterocycles. The van der Waals surface area contributed by atoms with Gasteiger partial charge in [0.1, 0.15) is 0 Å². The van der Waals surface area contributed by atoms with Crippen LogP contribution in [-0.4, -0.2) is 17.7 Å². The van der Waals surface area contributed by atoms with Gasteiger partial charge < -0.3 is 0 Å². The maximum Gasteiger partial charge on any atom is 0.181 e. The van der Waals surface area contributed by atoms with Gasteiger partial charge in [0.2, 0.25) is 0 Å². The van der Waals surface area contributed by atoms with Gasteiger partial charge in [-0.2, -0.15) is 10.2 Å². The van der Waals surface area contributed by atoms with Gasteiger partial charge in [0.15, 0.2) is 5.78 Å². The second-order valence-electron chi connectivity index (χ2n) is 1.72. The zero-order valence-electron chi connectivity index (χ0n) is 4.59. The summed E-state index contributed by atoms with van der Waals surface area (Å²) in [5, 5.41) is 7.10. The summed E-state index contributed by atoms with van der Waals surface area (Å²) in [6.45, 7) is 1.79. The van der Waals surface area contributed by atoms with Crippen LogP contribution in [0.25, 0.3) is 0 Å². The number of carbonyl (C=O) groups excluding carboxylic acids is 1. The fourth-order valence-corrected chi connectivity index (χ4v) is 0.525. The van der Waals surface area contributed by atoms with E-state index in [-0.39, 0.29) is 5.78 Å². The molecule has 1 rings (SSSR count). The maximum atomic E-state index is 10.4. The molecule has 0 bridgehead atoms. The number of hydrogen-bond donors (Lipinski definition) is 0. The lowest BCUT2D eigenvalue weighted by atomic mass is 10.2. The van der Waals surface area contributed by atoms with Crippen LogP contribution < -0.4 is 0 Å². The van der Waals surface area contributed by atoms with Crippen molar-refractivity contribution in [1.29, 1.82) is 0 Å². The van der Waals surface area contributed by atoms with E-state index in [9.17, 15) is 4.79 Å². The first-order chi connectivity index (χ1) is 3.79. The number of Topliss-reactive ketones (excluding diaryl/α,β-unsaturated/α-hetero) is 1. The van der Waals surface area contributed by atoms with Gasteiger partial charge in [0.25, 0.3) is 0 Å². The highest BCUT2D eigenvalue weighted by atomic mass is 16.1. The van der Waals surface area contributed by atoms with Gasteiger partial charge in [0, 0.05) is 5.71 Å². The van der Waals surface area contributed by atoms with Crippen LogP contribution in [0.3, 0.4) is 0 Å². The maximum absolute atomic E-state index is 10.4. The fourth-order valence-electron chi connectivity index (χ4n) is 0.525. The van der Waals surface area contributed by atoms with E-state index in [1.807, 2.05) is 0 Å². The van der Waals surface area contributed by atoms with Crippen LogP contribution in [0.5, 0.6) is 0 Å². The Morgan fingerprint density at radius 3 is 2.88 bits per heavy atom. The second kappa shape index (κ2) is 1.86. The van der Waals surface area contributed by atoms with Crippen molar-refractivity contribution in [2.45, 2.75) is 13.3 Å². The van der Waals surface area contributed by atoms with E-state index in [0.29, 0.717) is 6.42 Å². The molecule has 1 aliphatic rings. The zero-order chi connectivity index (χ0) is 5.98. The van der Waals surface area contributed by atoms with Crippen LogP contribution in [0.2, 0.25) is 0 Å². The molecule has 3 nitrogen and oxygen atoms in total. The second-order valence-corrected chi connectivity index (χ2v) is 1.72. The number of hydrogen-bond acceptors (Lipinski definition) is 3. The number of ketones is 1. The summed E-state index contributed by atoms with van der Waals surface area (Å²) in [5.41, 5.74) is 0.789. The van der Waals surface area contributed by atoms with Crippen LogP contribution >= 0.6 is 0 Å². The predicted octanol–water partition coefficient (Wildman–Crippen LogP) is 0.406. The summed E-state index contributed by atoms with van der Waals surface area (Å²) >= 11 is 0. The van der Waals surface area contributed by atoms with E-state index in [0.717, 1.165) is 5.71 Å². The number of nitrogens with zero attached hydrogens (tertiary/aromatic N) is 2. The Morgan fingerprint density at radius 1 is 1.75 bits per heavy atom. The van der Waals surface area contributed by atoms with Crippen molar-refractivity contribution in [3.8, 4) is 0 Å². The van der Waals surface area contributed by atoms with Crippen molar-refractivity contribution in [2.75, 3.05) is 0 Å². The molecule has 0 aromatic carbocycles. The third-order valence-corrected chi connectivity index (χ3v) is 0.860. The minimum Gasteiger partial charge on any atom is -0.293 e. The Morgan fingerprint density at radius 2 is 2.50 bits per heavy atom. The molecule has 0 atom stereocenters. The van der Waals surface area contributed by atoms with Gasteiger partial charge >= 0.3 is 0 Å². The summed E-state index contributed by atoms with van der Waals surface area (Å²) in [4.78, 5) is 10.4. The molecular weight excluding hydrogens is 104 g/mol. The van der Waals surface area contributed by atoms with Crippen LogP contribution in [0.15, 0.2) is 10.2 Å². The van der Waals surface area contributed by atoms with E-state index in [1.165, 1.54) is 6.21 Å². The van der Waals surface area contributed by atoms with Crippen molar-refractivity contribution in [3.63, 3.8) is 0 Å². The average molecular weight is 110 g/mol. The van der Waals surface area contributed by atoms with Crippen LogP contribution in [0.1, 0.15) is 13.3 Å². The van der Waals surface area contributed by atoms with E-state index in [2.05, 4.69) is 10.2 Å². The van der Waals surface area contributed by atoms with Crippen LogP contribution in [0, 0.1) is 0 Å². The third kappa shape index (κ3) is 0.992. The Kier molecular flexibility index (Phi) is 1.20. The normalized spacial score (nSPS) is 18.6. The first-order valence-corrected chi connectivity index (χ1v) is 2.38. The lowest BCUT2D eigenvalue weighted by molar-refractivity contribution is -0.111. The molecule has 0 amide bonds. The lowest BCUT2D eigenvalue weighted by Crippen LogP contribution is -2.08. The predicted molar refractivity (Wildman–Crippen MR) is 31.2 cm³/mol. The Labute approximate surface area is 47.1 Å². The summed E-state index contributed by atoms with van der Waals surface area (Å²) in [7, 11) is 0. The Hall–Kier alpha value is -0.990. The highest BCUT2D eigenvalue weighted by Gasteiger charge is 2.03. The van der Waals surface area contributed by atoms with E-state index < -0.39 is 0 Å². The minimum absolute atomic E-state index is 0.0394. The molecule has 8 heavy (non-hydrogen) atoms. The zero-order valence-corrected chi connectivity index (χ0v) is 4.59. The molecular formula is C5H6N2O. The minimum atomic E-state index is 0.0394. The highest BCUT2D eigenvalue weighted by Crippen LogP contribution is 1.92. The van der Waals surface area contributed by atoms with Gasteiger partial charge in [-0.15, -0.1) is 0 Å². The monoisotopic (exact) mass is 110 g/mol. The smallest absolute Gasteiger partial charge is 0.181 e. The Bertz CT molecular complexity index is 169. The topological polar surface area (TPSA) is 41.8 Å². The van der Waals surface area contributed by atoms with E-state index in [4.69, 9.17) is 0 Å². The molecule has 1 heterocycles. The fraction of sp³-hybridized carbons (Fsp3) is 0.400. The van der Waals surface area contributed by atoms with Gasteiger partial charge in [-0.25, -0.2) is 0 Å². The first kappa shape index (κ1) is 5.15. The summed E-state index contributed by atoms with van der Waals surface area (Å²) in [5.74, 6) is 0.0394. The van der Waals surface area contributed by atoms with Crippen LogP contribution in [-0.2, 0) is 4.79 Å². The lowest BCUT2D eigenvalue weighted by Gasteiger charge is -1.95. The van der Waals surface area contributed by atoms with Gasteiger partial charge in [-0.1, -0.05) is 0 Å². The molecule has 0 aromatic rings. The molecule has 0 radical (unpaired) electrons. The number of rotatable bonds is 0. The van der Waals surface area contributed by atoms with E-state index >= 15 is 0 Å². The summed E-state index contributed by atoms with van der Waals surface area (Å²) in [6, 6.07) is 0. The molecule has 0 saturated carbocycles. The molecule has 0 spiro atoms. The molecule has 42 valence electrons. The number of carbonyl (C=O) groups is 1. The van der Waals surface area contributed by atoms with Crippen molar-refractivity contribution in [2.24, 2.45) is 10.2 Å². The molecule has 0 aromatic heterocycles. The molecule has 0 unspecified atom stereocenters. The van der Waals surface area contributed by atoms with Crippen molar-refractivity contribution in [3.05, 3.63) is 0 Å². The van der Waals surface area contributed by atoms with Gasteiger partial charge in [-0.05, 0) is 6.92 Å². The van der Waals surface area contributed by atoms with Gasteiger partial charge in [0.05, 0.1) is 12.6 Å². The standard InChI is InChI=1S/C5H6N2O/c1-4-2-5(8)3-6-7-4/h3H,2H2,1H3. The molecule has 3 heteroatoms. The quantitative estimate of drug-likeness (QED) is 0.445. The van der Waals surface area contributed by atoms with Crippen molar-refractivity contribution in [1.82, 2.24) is 0 Å². The molecule has 0 aliphatic carbocycles. The van der Waals surface area contributed by atoms with Crippen LogP contribution in [0.4, 0.5) is 0 Å². The molecule has 0 N–H and O–H groups in total. The average Bonchev–Trinajstić information content (AvgIpc) is 1.64. The SMILES string of the molecule is CC1=NN=CC(=O)C1. The Balaban J connectivity index is 2.73. The molecule has 1 aliphatic heterocycles. The largest absolute Gasteiger partial charge is 0.293 e. The van der Waals surface area contributed by atoms with Crippen molar-refractivity contribution < 1.29 is 4.79 Å². The third-order valence-electron chi connectivity index (χ3n) is 0.860. The van der Waals surface area contributed by atoms with Crippen molar-refractivity contribution >= 4 is 17.7 Å². The first-order valence-electron chi connectivity index (χ1n) is 2.38. The van der Waals surface area contributed by atoms with E-state index in [1.54, 1.807) is 6.92 Å². The summed E-state index contributed by atoms with van der Waals surface area (Å²) < 4.78 is 0. The molecule has 0 fully saturated rings. The van der Waals surface area contributed by atoms with Gasteiger partial charge in [-0.3, -0.25) is 4.79 Å².